The SMILES string of the molecule is C=C(C)COCCNCc1cc(C(=O)O)ccc1F. The smallest absolute Gasteiger partial charge is 0.335 e. The Kier molecular flexibility index (Phi) is 6.18. The standard InChI is InChI=1S/C14H18FNO3/c1-10(2)9-19-6-5-16-8-12-7-11(14(17)18)3-4-13(12)15/h3-4,7,16H,1,5-6,8-9H2,2H3,(H,17,18). The van der Waals surface area contributed by atoms with E-state index in [1.165, 1.54) is 12.1 Å². The molecule has 1 aromatic rings. The number of carbonyl (C=O) groups is 1. The Labute approximate surface area is 111 Å². The molecule has 0 saturated carbocycles. The third kappa shape index (κ3) is 5.63. The first kappa shape index (κ1) is 15.3. The highest BCUT2D eigenvalue weighted by Crippen LogP contribution is 2.10. The largest absolute Gasteiger partial charge is 0.478 e. The molecule has 5 heteroatoms. The maximum Gasteiger partial charge on any atom is 0.335 e. The summed E-state index contributed by atoms with van der Waals surface area (Å²) in [6.07, 6.45) is 0. The molecule has 0 amide bonds. The maximum atomic E-state index is 13.4. The van der Waals surface area contributed by atoms with Crippen molar-refractivity contribution in [3.63, 3.8) is 0 Å². The Bertz CT molecular complexity index is 460. The number of nitrogens with one attached hydrogen (secondary N) is 1. The number of halogens is 1. The van der Waals surface area contributed by atoms with Crippen molar-refractivity contribution >= 4 is 5.97 Å². The lowest BCUT2D eigenvalue weighted by atomic mass is 10.1. The lowest BCUT2D eigenvalue weighted by Crippen LogP contribution is -2.20. The van der Waals surface area contributed by atoms with Crippen LogP contribution in [0.4, 0.5) is 4.39 Å². The molecule has 0 fully saturated rings. The van der Waals surface area contributed by atoms with E-state index in [0.29, 0.717) is 25.3 Å². The number of carboxylic acid groups (broad SMARTS) is 1. The van der Waals surface area contributed by atoms with Crippen LogP contribution in [0.3, 0.4) is 0 Å². The minimum atomic E-state index is -1.06. The molecule has 4 nitrogen and oxygen atoms in total. The minimum Gasteiger partial charge on any atom is -0.478 e. The molecular formula is C14H18FNO3. The summed E-state index contributed by atoms with van der Waals surface area (Å²) in [6.45, 7) is 7.41. The van der Waals surface area contributed by atoms with Crippen molar-refractivity contribution in [2.24, 2.45) is 0 Å². The Morgan fingerprint density at radius 1 is 1.53 bits per heavy atom. The molecular weight excluding hydrogens is 249 g/mol. The quantitative estimate of drug-likeness (QED) is 0.560. The van der Waals surface area contributed by atoms with Gasteiger partial charge in [0, 0.05) is 18.7 Å². The first-order chi connectivity index (χ1) is 9.00. The number of hydrogen-bond donors (Lipinski definition) is 2. The number of aromatic carboxylic acids is 1. The highest BCUT2D eigenvalue weighted by molar-refractivity contribution is 5.87. The monoisotopic (exact) mass is 267 g/mol. The van der Waals surface area contributed by atoms with Gasteiger partial charge in [0.15, 0.2) is 0 Å². The third-order valence-corrected chi connectivity index (χ3v) is 2.38. The van der Waals surface area contributed by atoms with E-state index in [1.54, 1.807) is 0 Å². The van der Waals surface area contributed by atoms with Gasteiger partial charge in [-0.25, -0.2) is 9.18 Å². The summed E-state index contributed by atoms with van der Waals surface area (Å²) < 4.78 is 18.7. The highest BCUT2D eigenvalue weighted by atomic mass is 19.1. The average Bonchev–Trinajstić information content (AvgIpc) is 2.34. The second-order valence-corrected chi connectivity index (χ2v) is 4.30. The van der Waals surface area contributed by atoms with Gasteiger partial charge < -0.3 is 15.2 Å². The van der Waals surface area contributed by atoms with Gasteiger partial charge in [-0.1, -0.05) is 12.2 Å². The van der Waals surface area contributed by atoms with E-state index in [2.05, 4.69) is 11.9 Å². The molecule has 0 aromatic heterocycles. The Hall–Kier alpha value is -1.72. The van der Waals surface area contributed by atoms with Gasteiger partial charge in [0.05, 0.1) is 18.8 Å². The molecule has 0 aliphatic rings. The van der Waals surface area contributed by atoms with Crippen molar-refractivity contribution in [2.45, 2.75) is 13.5 Å². The molecule has 19 heavy (non-hydrogen) atoms. The third-order valence-electron chi connectivity index (χ3n) is 2.38. The van der Waals surface area contributed by atoms with E-state index in [1.807, 2.05) is 6.92 Å². The van der Waals surface area contributed by atoms with Crippen molar-refractivity contribution in [1.82, 2.24) is 5.32 Å². The topological polar surface area (TPSA) is 58.6 Å². The number of rotatable bonds is 8. The van der Waals surface area contributed by atoms with Crippen molar-refractivity contribution in [3.05, 3.63) is 47.3 Å². The van der Waals surface area contributed by atoms with Gasteiger partial charge in [-0.2, -0.15) is 0 Å². The van der Waals surface area contributed by atoms with Crippen LogP contribution >= 0.6 is 0 Å². The zero-order valence-corrected chi connectivity index (χ0v) is 10.9. The van der Waals surface area contributed by atoms with Crippen molar-refractivity contribution in [1.29, 1.82) is 0 Å². The van der Waals surface area contributed by atoms with E-state index in [9.17, 15) is 9.18 Å². The molecule has 0 saturated heterocycles. The lowest BCUT2D eigenvalue weighted by molar-refractivity contribution is 0.0696. The molecule has 2 N–H and O–H groups in total. The zero-order valence-electron chi connectivity index (χ0n) is 10.9. The fourth-order valence-electron chi connectivity index (χ4n) is 1.46. The molecule has 1 rings (SSSR count). The Morgan fingerprint density at radius 3 is 2.89 bits per heavy atom. The predicted octanol–water partition coefficient (Wildman–Crippen LogP) is 2.21. The van der Waals surface area contributed by atoms with Gasteiger partial charge in [-0.3, -0.25) is 0 Å². The molecule has 0 aliphatic heterocycles. The normalized spacial score (nSPS) is 10.4. The number of carboxylic acids is 1. The number of benzene rings is 1. The molecule has 0 unspecified atom stereocenters. The van der Waals surface area contributed by atoms with Crippen LogP contribution in [-0.2, 0) is 11.3 Å². The summed E-state index contributed by atoms with van der Waals surface area (Å²) in [5.41, 5.74) is 1.36. The second-order valence-electron chi connectivity index (χ2n) is 4.30. The van der Waals surface area contributed by atoms with E-state index < -0.39 is 11.8 Å². The van der Waals surface area contributed by atoms with Crippen LogP contribution in [-0.4, -0.2) is 30.8 Å². The van der Waals surface area contributed by atoms with Gasteiger partial charge in [0.25, 0.3) is 0 Å². The van der Waals surface area contributed by atoms with Crippen LogP contribution in [0.1, 0.15) is 22.8 Å². The average molecular weight is 267 g/mol. The van der Waals surface area contributed by atoms with Crippen LogP contribution in [0.25, 0.3) is 0 Å². The minimum absolute atomic E-state index is 0.0803. The molecule has 1 aromatic carbocycles. The first-order valence-electron chi connectivity index (χ1n) is 5.95. The van der Waals surface area contributed by atoms with Crippen molar-refractivity contribution in [3.8, 4) is 0 Å². The Balaban J connectivity index is 2.38. The summed E-state index contributed by atoms with van der Waals surface area (Å²) in [5, 5.41) is 11.8. The van der Waals surface area contributed by atoms with Crippen LogP contribution in [0.5, 0.6) is 0 Å². The molecule has 0 aliphatic carbocycles. The predicted molar refractivity (Wildman–Crippen MR) is 70.7 cm³/mol. The van der Waals surface area contributed by atoms with Gasteiger partial charge in [0.1, 0.15) is 5.82 Å². The second kappa shape index (κ2) is 7.66. The van der Waals surface area contributed by atoms with E-state index in [4.69, 9.17) is 9.84 Å². The van der Waals surface area contributed by atoms with Crippen LogP contribution in [0.2, 0.25) is 0 Å². The van der Waals surface area contributed by atoms with Crippen LogP contribution in [0, 0.1) is 5.82 Å². The molecule has 0 radical (unpaired) electrons. The molecule has 0 atom stereocenters. The lowest BCUT2D eigenvalue weighted by Gasteiger charge is -2.08. The number of hydrogen-bond acceptors (Lipinski definition) is 3. The summed E-state index contributed by atoms with van der Waals surface area (Å²) >= 11 is 0. The van der Waals surface area contributed by atoms with Crippen LogP contribution < -0.4 is 5.32 Å². The van der Waals surface area contributed by atoms with E-state index in [-0.39, 0.29) is 12.1 Å². The van der Waals surface area contributed by atoms with Crippen molar-refractivity contribution < 1.29 is 19.0 Å². The van der Waals surface area contributed by atoms with Gasteiger partial charge in [0.2, 0.25) is 0 Å². The van der Waals surface area contributed by atoms with Crippen molar-refractivity contribution in [2.75, 3.05) is 19.8 Å². The van der Waals surface area contributed by atoms with Crippen LogP contribution in [0.15, 0.2) is 30.4 Å². The summed E-state index contributed by atoms with van der Waals surface area (Å²) in [5.74, 6) is -1.48. The molecule has 0 heterocycles. The molecule has 0 spiro atoms. The summed E-state index contributed by atoms with van der Waals surface area (Å²) in [4.78, 5) is 10.8. The fourth-order valence-corrected chi connectivity index (χ4v) is 1.46. The molecule has 104 valence electrons. The van der Waals surface area contributed by atoms with Gasteiger partial charge in [-0.15, -0.1) is 0 Å². The summed E-state index contributed by atoms with van der Waals surface area (Å²) in [7, 11) is 0. The zero-order chi connectivity index (χ0) is 14.3. The first-order valence-corrected chi connectivity index (χ1v) is 5.95. The Morgan fingerprint density at radius 2 is 2.26 bits per heavy atom. The van der Waals surface area contributed by atoms with Gasteiger partial charge >= 0.3 is 5.97 Å². The maximum absolute atomic E-state index is 13.4. The van der Waals surface area contributed by atoms with E-state index >= 15 is 0 Å². The highest BCUT2D eigenvalue weighted by Gasteiger charge is 2.07. The molecule has 0 bridgehead atoms. The van der Waals surface area contributed by atoms with Gasteiger partial charge in [-0.05, 0) is 25.1 Å². The fraction of sp³-hybridized carbons (Fsp3) is 0.357. The van der Waals surface area contributed by atoms with E-state index in [0.717, 1.165) is 11.6 Å². The number of ether oxygens (including phenoxy) is 1. The summed E-state index contributed by atoms with van der Waals surface area (Å²) in [6, 6.07) is 3.74.